The second kappa shape index (κ2) is 8.19. The highest BCUT2D eigenvalue weighted by molar-refractivity contribution is 6.32. The zero-order valence-electron chi connectivity index (χ0n) is 15.6. The van der Waals surface area contributed by atoms with Gasteiger partial charge in [-0.3, -0.25) is 0 Å². The Bertz CT molecular complexity index is 1020. The smallest absolute Gasteiger partial charge is 0.415 e. The lowest BCUT2D eigenvalue weighted by atomic mass is 10.2. The first-order valence-corrected chi connectivity index (χ1v) is 9.62. The van der Waals surface area contributed by atoms with Gasteiger partial charge >= 0.3 is 6.18 Å². The molecule has 0 bridgehead atoms. The van der Waals surface area contributed by atoms with E-state index in [9.17, 15) is 17.6 Å². The average molecular weight is 444 g/mol. The van der Waals surface area contributed by atoms with E-state index in [1.807, 2.05) is 4.90 Å². The molecule has 0 atom stereocenters. The fourth-order valence-corrected chi connectivity index (χ4v) is 3.63. The molecule has 1 fully saturated rings. The first-order chi connectivity index (χ1) is 14.3. The number of nitrogens with one attached hydrogen (secondary N) is 2. The SMILES string of the molecule is Fc1ccc(-c2nnc(C[NH+]3CCN(c4[nH+]cc(C(F)(F)F)cc4Cl)CC3)o2)cc1. The number of nitrogens with zero attached hydrogens (tertiary/aromatic N) is 3. The lowest BCUT2D eigenvalue weighted by Gasteiger charge is -2.27. The molecule has 0 saturated carbocycles. The monoisotopic (exact) mass is 443 g/mol. The van der Waals surface area contributed by atoms with Gasteiger partial charge in [-0.05, 0) is 30.3 Å². The minimum atomic E-state index is -4.45. The van der Waals surface area contributed by atoms with Crippen LogP contribution in [0.5, 0.6) is 0 Å². The Kier molecular flexibility index (Phi) is 5.61. The summed E-state index contributed by atoms with van der Waals surface area (Å²) < 4.78 is 57.1. The Hall–Kier alpha value is -2.72. The molecule has 0 aliphatic carbocycles. The number of rotatable bonds is 4. The maximum absolute atomic E-state index is 13.0. The van der Waals surface area contributed by atoms with Crippen LogP contribution in [0.15, 0.2) is 40.9 Å². The molecule has 1 aliphatic rings. The Labute approximate surface area is 174 Å². The number of aromatic nitrogens is 3. The molecule has 4 rings (SSSR count). The maximum Gasteiger partial charge on any atom is 0.419 e. The highest BCUT2D eigenvalue weighted by atomic mass is 35.5. The number of quaternary nitrogens is 1. The first kappa shape index (κ1) is 20.5. The molecule has 11 heteroatoms. The number of pyridine rings is 1. The Morgan fingerprint density at radius 2 is 1.83 bits per heavy atom. The molecule has 3 aromatic rings. The molecule has 30 heavy (non-hydrogen) atoms. The standard InChI is InChI=1S/C19H16ClF4N5O/c20-15-9-13(19(22,23)24)10-25-17(15)29-7-5-28(6-8-29)11-16-26-27-18(30-16)12-1-3-14(21)4-2-12/h1-4,9-10H,5-8,11H2/p+2. The van der Waals surface area contributed by atoms with Gasteiger partial charge in [0.1, 0.15) is 43.2 Å². The maximum atomic E-state index is 13.0. The summed E-state index contributed by atoms with van der Waals surface area (Å²) in [5.74, 6) is 0.928. The normalized spacial score (nSPS) is 15.6. The first-order valence-electron chi connectivity index (χ1n) is 9.25. The van der Waals surface area contributed by atoms with Crippen molar-refractivity contribution in [1.29, 1.82) is 0 Å². The number of benzene rings is 1. The molecule has 6 nitrogen and oxygen atoms in total. The molecule has 0 unspecified atom stereocenters. The van der Waals surface area contributed by atoms with Crippen molar-refractivity contribution in [2.75, 3.05) is 31.1 Å². The van der Waals surface area contributed by atoms with Crippen LogP contribution in [0.2, 0.25) is 5.02 Å². The second-order valence-electron chi connectivity index (χ2n) is 7.00. The summed E-state index contributed by atoms with van der Waals surface area (Å²) in [6.45, 7) is 3.18. The average Bonchev–Trinajstić information content (AvgIpc) is 3.17. The third kappa shape index (κ3) is 4.54. The van der Waals surface area contributed by atoms with Crippen LogP contribution in [0, 0.1) is 5.82 Å². The van der Waals surface area contributed by atoms with E-state index in [1.165, 1.54) is 17.0 Å². The summed E-state index contributed by atoms with van der Waals surface area (Å²) in [5.41, 5.74) is -0.170. The minimum Gasteiger partial charge on any atom is -0.415 e. The lowest BCUT2D eigenvalue weighted by Crippen LogP contribution is -3.13. The molecular weight excluding hydrogens is 426 g/mol. The van der Waals surface area contributed by atoms with E-state index in [4.69, 9.17) is 16.0 Å². The fraction of sp³-hybridized carbons (Fsp3) is 0.316. The van der Waals surface area contributed by atoms with E-state index in [0.717, 1.165) is 25.4 Å². The topological polar surface area (TPSA) is 60.7 Å². The van der Waals surface area contributed by atoms with Gasteiger partial charge in [0.05, 0.1) is 5.56 Å². The van der Waals surface area contributed by atoms with Gasteiger partial charge < -0.3 is 9.32 Å². The molecule has 1 saturated heterocycles. The van der Waals surface area contributed by atoms with E-state index in [-0.39, 0.29) is 10.8 Å². The summed E-state index contributed by atoms with van der Waals surface area (Å²) in [4.78, 5) is 5.79. The molecule has 0 amide bonds. The number of hydrogen-bond acceptors (Lipinski definition) is 4. The summed E-state index contributed by atoms with van der Waals surface area (Å²) in [6.07, 6.45) is -3.52. The van der Waals surface area contributed by atoms with Crippen molar-refractivity contribution in [1.82, 2.24) is 10.2 Å². The van der Waals surface area contributed by atoms with Crippen molar-refractivity contribution >= 4 is 17.4 Å². The van der Waals surface area contributed by atoms with Crippen molar-refractivity contribution in [2.45, 2.75) is 12.7 Å². The van der Waals surface area contributed by atoms with Crippen LogP contribution in [-0.2, 0) is 12.7 Å². The van der Waals surface area contributed by atoms with Crippen molar-refractivity contribution in [3.63, 3.8) is 0 Å². The van der Waals surface area contributed by atoms with Crippen molar-refractivity contribution < 1.29 is 31.9 Å². The van der Waals surface area contributed by atoms with E-state index in [0.29, 0.717) is 42.8 Å². The number of aromatic amines is 1. The lowest BCUT2D eigenvalue weighted by molar-refractivity contribution is -0.915. The van der Waals surface area contributed by atoms with Crippen LogP contribution in [-0.4, -0.2) is 36.4 Å². The number of anilines is 1. The zero-order valence-corrected chi connectivity index (χ0v) is 16.4. The van der Waals surface area contributed by atoms with Gasteiger partial charge in [-0.2, -0.15) is 13.2 Å². The minimum absolute atomic E-state index is 0.0362. The number of alkyl halides is 3. The van der Waals surface area contributed by atoms with E-state index in [2.05, 4.69) is 15.2 Å². The Balaban J connectivity index is 1.36. The summed E-state index contributed by atoms with van der Waals surface area (Å²) in [6, 6.07) is 6.73. The Morgan fingerprint density at radius 3 is 2.47 bits per heavy atom. The quantitative estimate of drug-likeness (QED) is 0.628. The zero-order chi connectivity index (χ0) is 21.3. The summed E-state index contributed by atoms with van der Waals surface area (Å²) in [5, 5.41) is 8.10. The predicted molar refractivity (Wildman–Crippen MR) is 99.3 cm³/mol. The van der Waals surface area contributed by atoms with Crippen LogP contribution < -0.4 is 14.8 Å². The second-order valence-corrected chi connectivity index (χ2v) is 7.41. The third-order valence-electron chi connectivity index (χ3n) is 4.95. The van der Waals surface area contributed by atoms with Gasteiger partial charge in [0.15, 0.2) is 6.54 Å². The predicted octanol–water partition coefficient (Wildman–Crippen LogP) is 2.27. The number of hydrogen-bond donors (Lipinski definition) is 1. The Morgan fingerprint density at radius 1 is 1.13 bits per heavy atom. The molecule has 2 aromatic heterocycles. The van der Waals surface area contributed by atoms with Crippen LogP contribution in [0.1, 0.15) is 11.5 Å². The van der Waals surface area contributed by atoms with Crippen LogP contribution in [0.25, 0.3) is 11.5 Å². The van der Waals surface area contributed by atoms with Gasteiger partial charge in [0.2, 0.25) is 5.89 Å². The van der Waals surface area contributed by atoms with Gasteiger partial charge in [0.25, 0.3) is 11.7 Å². The highest BCUT2D eigenvalue weighted by Gasteiger charge is 2.35. The molecular formula is C19H18ClF4N5O+2. The van der Waals surface area contributed by atoms with Gasteiger partial charge in [-0.1, -0.05) is 11.6 Å². The molecule has 1 aromatic carbocycles. The van der Waals surface area contributed by atoms with Crippen LogP contribution in [0.4, 0.5) is 23.4 Å². The highest BCUT2D eigenvalue weighted by Crippen LogP contribution is 2.32. The number of piperazine rings is 1. The molecule has 0 radical (unpaired) electrons. The summed E-state index contributed by atoms with van der Waals surface area (Å²) >= 11 is 6.07. The fourth-order valence-electron chi connectivity index (χ4n) is 3.34. The molecule has 1 aliphatic heterocycles. The molecule has 2 N–H and O–H groups in total. The number of halogens is 5. The van der Waals surface area contributed by atoms with Gasteiger partial charge in [0, 0.05) is 5.56 Å². The van der Waals surface area contributed by atoms with Crippen molar-refractivity contribution in [2.24, 2.45) is 0 Å². The van der Waals surface area contributed by atoms with Crippen LogP contribution >= 0.6 is 11.6 Å². The van der Waals surface area contributed by atoms with Crippen LogP contribution in [0.3, 0.4) is 0 Å². The van der Waals surface area contributed by atoms with E-state index in [1.54, 1.807) is 12.1 Å². The third-order valence-corrected chi connectivity index (χ3v) is 5.23. The largest absolute Gasteiger partial charge is 0.419 e. The van der Waals surface area contributed by atoms with Gasteiger partial charge in [-0.25, -0.2) is 14.3 Å². The number of H-pyrrole nitrogens is 1. The van der Waals surface area contributed by atoms with E-state index < -0.39 is 11.7 Å². The van der Waals surface area contributed by atoms with Crippen molar-refractivity contribution in [3.05, 3.63) is 58.8 Å². The molecule has 158 valence electrons. The van der Waals surface area contributed by atoms with Gasteiger partial charge in [-0.15, -0.1) is 10.2 Å². The molecule has 3 heterocycles. The summed E-state index contributed by atoms with van der Waals surface area (Å²) in [7, 11) is 0. The van der Waals surface area contributed by atoms with E-state index >= 15 is 0 Å². The molecule has 0 spiro atoms. The van der Waals surface area contributed by atoms with Crippen molar-refractivity contribution in [3.8, 4) is 11.5 Å².